The van der Waals surface area contributed by atoms with Crippen LogP contribution in [0.4, 0.5) is 0 Å². The van der Waals surface area contributed by atoms with Gasteiger partial charge in [-0.05, 0) is 39.3 Å². The van der Waals surface area contributed by atoms with Gasteiger partial charge in [-0.15, -0.1) is 0 Å². The average molecular weight is 539 g/mol. The zero-order valence-corrected chi connectivity index (χ0v) is 22.4. The molecule has 2 bridgehead atoms. The van der Waals surface area contributed by atoms with Crippen molar-refractivity contribution in [2.24, 2.45) is 11.3 Å². The van der Waals surface area contributed by atoms with E-state index < -0.39 is 66.3 Å². The number of ether oxygens (including phenoxy) is 3. The first kappa shape index (κ1) is 26.8. The summed E-state index contributed by atoms with van der Waals surface area (Å²) in [5, 5.41) is -1.32. The summed E-state index contributed by atoms with van der Waals surface area (Å²) in [4.78, 5) is 37.6. The van der Waals surface area contributed by atoms with Crippen LogP contribution < -0.4 is 0 Å². The van der Waals surface area contributed by atoms with Crippen LogP contribution >= 0.6 is 11.6 Å². The number of carbonyl (C=O) groups excluding carboxylic acids is 3. The Morgan fingerprint density at radius 1 is 1.25 bits per heavy atom. The van der Waals surface area contributed by atoms with Crippen molar-refractivity contribution in [1.29, 1.82) is 0 Å². The lowest BCUT2D eigenvalue weighted by Gasteiger charge is -2.39. The Labute approximate surface area is 216 Å². The van der Waals surface area contributed by atoms with Gasteiger partial charge in [-0.3, -0.25) is 9.59 Å². The molecule has 0 radical (unpaired) electrons. The minimum atomic E-state index is -4.12. The Bertz CT molecular complexity index is 1210. The van der Waals surface area contributed by atoms with Crippen LogP contribution in [0.2, 0.25) is 0 Å². The standard InChI is InChI=1S/C26H31ClO8S/c1-6-13-33-22(30)25(27)15-26-17(34-21(29)23(3,4)5)14-24(7-2,35-26)20(18(26)19(25)28)36(31,32)16-11-9-8-10-12-16/h6,8-12,17-18,20H,1,7,13-15H2,2-5H3/t17-,18-,20-,24-,25?,26+/m1/s1. The van der Waals surface area contributed by atoms with Gasteiger partial charge in [0.25, 0.3) is 0 Å². The highest BCUT2D eigenvalue weighted by molar-refractivity contribution is 7.92. The first-order valence-corrected chi connectivity index (χ1v) is 13.8. The fraction of sp³-hybridized carbons (Fsp3) is 0.577. The third kappa shape index (κ3) is 3.73. The number of ketones is 1. The third-order valence-corrected chi connectivity index (χ3v) is 10.3. The second kappa shape index (κ2) is 8.67. The van der Waals surface area contributed by atoms with E-state index in [1.807, 2.05) is 0 Å². The molecule has 1 spiro atoms. The second-order valence-corrected chi connectivity index (χ2v) is 13.5. The molecule has 0 amide bonds. The molecule has 36 heavy (non-hydrogen) atoms. The fourth-order valence-electron chi connectivity index (χ4n) is 5.81. The maximum atomic E-state index is 14.0. The molecule has 10 heteroatoms. The topological polar surface area (TPSA) is 113 Å². The number of fused-ring (bicyclic) bond motifs is 1. The van der Waals surface area contributed by atoms with Crippen LogP contribution in [-0.4, -0.2) is 60.2 Å². The molecule has 0 aromatic heterocycles. The van der Waals surface area contributed by atoms with Crippen LogP contribution in [0, 0.1) is 11.3 Å². The van der Waals surface area contributed by atoms with Crippen LogP contribution in [0.15, 0.2) is 47.9 Å². The van der Waals surface area contributed by atoms with Gasteiger partial charge in [-0.1, -0.05) is 49.4 Å². The summed E-state index contributed by atoms with van der Waals surface area (Å²) < 4.78 is 45.5. The van der Waals surface area contributed by atoms with E-state index in [0.717, 1.165) is 0 Å². The lowest BCUT2D eigenvalue weighted by molar-refractivity contribution is -0.170. The summed E-state index contributed by atoms with van der Waals surface area (Å²) in [6.45, 7) is 10.2. The lowest BCUT2D eigenvalue weighted by atomic mass is 9.72. The molecule has 1 aromatic carbocycles. The molecule has 1 saturated carbocycles. The van der Waals surface area contributed by atoms with Gasteiger partial charge in [0.2, 0.25) is 4.87 Å². The van der Waals surface area contributed by atoms with Crippen LogP contribution in [0.5, 0.6) is 0 Å². The Morgan fingerprint density at radius 3 is 2.44 bits per heavy atom. The van der Waals surface area contributed by atoms with Crippen molar-refractivity contribution in [1.82, 2.24) is 0 Å². The predicted octanol–water partition coefficient (Wildman–Crippen LogP) is 3.40. The molecular weight excluding hydrogens is 508 g/mol. The molecule has 8 nitrogen and oxygen atoms in total. The number of benzene rings is 1. The van der Waals surface area contributed by atoms with Gasteiger partial charge in [0.05, 0.1) is 21.8 Å². The average Bonchev–Trinajstić information content (AvgIpc) is 3.37. The molecule has 2 aliphatic heterocycles. The van der Waals surface area contributed by atoms with E-state index in [0.29, 0.717) is 0 Å². The first-order valence-electron chi connectivity index (χ1n) is 11.9. The van der Waals surface area contributed by atoms with Crippen molar-refractivity contribution in [3.63, 3.8) is 0 Å². The SMILES string of the molecule is C=CCOC(=O)C1(Cl)C[C@]23O[C@](CC)(C[C@H]2OC(=O)C(C)(C)C)[C@H](S(=O)(=O)c2ccccc2)[C@H]3C1=O. The maximum absolute atomic E-state index is 14.0. The van der Waals surface area contributed by atoms with E-state index in [9.17, 15) is 22.8 Å². The lowest BCUT2D eigenvalue weighted by Crippen LogP contribution is -2.56. The Morgan fingerprint density at radius 2 is 1.89 bits per heavy atom. The molecule has 1 aliphatic carbocycles. The molecule has 2 saturated heterocycles. The normalized spacial score (nSPS) is 35.4. The number of alkyl halides is 1. The number of carbonyl (C=O) groups is 3. The van der Waals surface area contributed by atoms with Crippen molar-refractivity contribution >= 4 is 39.2 Å². The van der Waals surface area contributed by atoms with Crippen molar-refractivity contribution in [2.45, 2.75) is 79.3 Å². The molecule has 196 valence electrons. The summed E-state index contributed by atoms with van der Waals surface area (Å²) in [6.07, 6.45) is 0.302. The van der Waals surface area contributed by atoms with Gasteiger partial charge in [0.15, 0.2) is 15.6 Å². The van der Waals surface area contributed by atoms with Crippen molar-refractivity contribution in [3.05, 3.63) is 43.0 Å². The van der Waals surface area contributed by atoms with Crippen LogP contribution in [0.25, 0.3) is 0 Å². The van der Waals surface area contributed by atoms with Gasteiger partial charge < -0.3 is 14.2 Å². The monoisotopic (exact) mass is 538 g/mol. The van der Waals surface area contributed by atoms with Gasteiger partial charge >= 0.3 is 11.9 Å². The van der Waals surface area contributed by atoms with E-state index in [1.165, 1.54) is 18.2 Å². The summed E-state index contributed by atoms with van der Waals surface area (Å²) >= 11 is 6.66. The minimum absolute atomic E-state index is 0.0338. The molecule has 6 atom stereocenters. The van der Waals surface area contributed by atoms with Gasteiger partial charge in [0.1, 0.15) is 23.6 Å². The maximum Gasteiger partial charge on any atom is 0.335 e. The summed E-state index contributed by atoms with van der Waals surface area (Å²) in [5.74, 6) is -3.66. The predicted molar refractivity (Wildman–Crippen MR) is 131 cm³/mol. The van der Waals surface area contributed by atoms with Crippen molar-refractivity contribution < 1.29 is 37.0 Å². The number of sulfone groups is 1. The molecule has 0 N–H and O–H groups in total. The number of Topliss-reactive ketones (excluding diaryl/α,β-unsaturated/α-hetero) is 1. The van der Waals surface area contributed by atoms with Gasteiger partial charge in [-0.2, -0.15) is 0 Å². The fourth-order valence-corrected chi connectivity index (χ4v) is 8.61. The van der Waals surface area contributed by atoms with Gasteiger partial charge in [-0.25, -0.2) is 13.2 Å². The van der Waals surface area contributed by atoms with Crippen LogP contribution in [0.1, 0.15) is 47.0 Å². The Hall–Kier alpha value is -2.23. The molecule has 1 aromatic rings. The third-order valence-electron chi connectivity index (χ3n) is 7.53. The Balaban J connectivity index is 1.87. The quantitative estimate of drug-likeness (QED) is 0.225. The van der Waals surface area contributed by atoms with E-state index in [4.69, 9.17) is 25.8 Å². The molecule has 1 unspecified atom stereocenters. The molecule has 3 fully saturated rings. The smallest absolute Gasteiger partial charge is 0.335 e. The van der Waals surface area contributed by atoms with Crippen LogP contribution in [0.3, 0.4) is 0 Å². The summed E-state index contributed by atoms with van der Waals surface area (Å²) in [5.41, 5.74) is -3.75. The largest absolute Gasteiger partial charge is 0.460 e. The highest BCUT2D eigenvalue weighted by Gasteiger charge is 2.83. The number of halogens is 1. The Kier molecular flexibility index (Phi) is 6.46. The minimum Gasteiger partial charge on any atom is -0.460 e. The highest BCUT2D eigenvalue weighted by Crippen LogP contribution is 2.67. The second-order valence-electron chi connectivity index (χ2n) is 10.8. The van der Waals surface area contributed by atoms with E-state index in [1.54, 1.807) is 45.9 Å². The molecule has 3 aliphatic rings. The molecule has 4 rings (SSSR count). The highest BCUT2D eigenvalue weighted by atomic mass is 35.5. The number of hydrogen-bond acceptors (Lipinski definition) is 8. The van der Waals surface area contributed by atoms with E-state index in [2.05, 4.69) is 6.58 Å². The summed E-state index contributed by atoms with van der Waals surface area (Å²) in [7, 11) is -4.12. The zero-order chi connectivity index (χ0) is 26.7. The molecular formula is C26H31ClO8S. The van der Waals surface area contributed by atoms with Crippen LogP contribution in [-0.2, 0) is 38.4 Å². The number of rotatable bonds is 7. The van der Waals surface area contributed by atoms with Crippen molar-refractivity contribution in [2.75, 3.05) is 6.61 Å². The summed E-state index contributed by atoms with van der Waals surface area (Å²) in [6, 6.07) is 7.80. The number of hydrogen-bond donors (Lipinski definition) is 0. The number of esters is 2. The zero-order valence-electron chi connectivity index (χ0n) is 20.8. The van der Waals surface area contributed by atoms with Gasteiger partial charge in [0, 0.05) is 12.8 Å². The first-order chi connectivity index (χ1) is 16.7. The van der Waals surface area contributed by atoms with E-state index in [-0.39, 0.29) is 30.8 Å². The molecule has 2 heterocycles. The van der Waals surface area contributed by atoms with Crippen molar-refractivity contribution in [3.8, 4) is 0 Å². The van der Waals surface area contributed by atoms with E-state index >= 15 is 0 Å².